The molecule has 0 spiro atoms. The van der Waals surface area contributed by atoms with Crippen molar-refractivity contribution < 1.29 is 18.7 Å². The van der Waals surface area contributed by atoms with Crippen LogP contribution in [-0.2, 0) is 9.22 Å². The molecule has 0 radical (unpaired) electrons. The molecule has 0 fully saturated rings. The molecule has 5 heteroatoms. The SMILES string of the molecule is COc1ccc(/C=C/C(=O)O[Si](C)(C)C)cc1OC. The second kappa shape index (κ2) is 6.42. The van der Waals surface area contributed by atoms with Gasteiger partial charge in [0, 0.05) is 6.08 Å². The van der Waals surface area contributed by atoms with Crippen molar-refractivity contribution in [3.8, 4) is 11.5 Å². The Labute approximate surface area is 115 Å². The van der Waals surface area contributed by atoms with Gasteiger partial charge in [-0.05, 0) is 43.4 Å². The van der Waals surface area contributed by atoms with Crippen LogP contribution in [0.4, 0.5) is 0 Å². The maximum atomic E-state index is 11.6. The summed E-state index contributed by atoms with van der Waals surface area (Å²) in [5.41, 5.74) is 0.852. The molecule has 104 valence electrons. The summed E-state index contributed by atoms with van der Waals surface area (Å²) in [5.74, 6) is 0.974. The minimum atomic E-state index is -1.84. The number of ether oxygens (including phenoxy) is 2. The molecular weight excluding hydrogens is 260 g/mol. The topological polar surface area (TPSA) is 44.8 Å². The number of hydrogen-bond donors (Lipinski definition) is 0. The first kappa shape index (κ1) is 15.3. The Bertz CT molecular complexity index is 475. The lowest BCUT2D eigenvalue weighted by molar-refractivity contribution is -0.129. The van der Waals surface area contributed by atoms with Gasteiger partial charge in [-0.3, -0.25) is 0 Å². The van der Waals surface area contributed by atoms with Gasteiger partial charge >= 0.3 is 5.97 Å². The number of methoxy groups -OCH3 is 2. The second-order valence-corrected chi connectivity index (χ2v) is 9.41. The molecule has 1 aromatic carbocycles. The third kappa shape index (κ3) is 5.17. The van der Waals surface area contributed by atoms with Gasteiger partial charge in [0.2, 0.25) is 8.32 Å². The van der Waals surface area contributed by atoms with Gasteiger partial charge in [-0.15, -0.1) is 0 Å². The quantitative estimate of drug-likeness (QED) is 0.614. The standard InChI is InChI=1S/C14H20O4Si/c1-16-12-8-6-11(10-13(12)17-2)7-9-14(15)18-19(3,4)5/h6-10H,1-5H3/b9-7+. The Hall–Kier alpha value is -1.75. The molecule has 4 nitrogen and oxygen atoms in total. The minimum Gasteiger partial charge on any atom is -0.517 e. The lowest BCUT2D eigenvalue weighted by Crippen LogP contribution is -2.28. The molecular formula is C14H20O4Si. The van der Waals surface area contributed by atoms with E-state index in [9.17, 15) is 4.79 Å². The summed E-state index contributed by atoms with van der Waals surface area (Å²) in [5, 5.41) is 0. The first-order chi connectivity index (χ1) is 8.85. The largest absolute Gasteiger partial charge is 0.517 e. The third-order valence-electron chi connectivity index (χ3n) is 2.23. The van der Waals surface area contributed by atoms with Crippen molar-refractivity contribution in [2.75, 3.05) is 14.2 Å². The lowest BCUT2D eigenvalue weighted by Gasteiger charge is -2.15. The normalized spacial score (nSPS) is 11.4. The molecule has 19 heavy (non-hydrogen) atoms. The first-order valence-corrected chi connectivity index (χ1v) is 9.39. The molecule has 0 heterocycles. The van der Waals surface area contributed by atoms with E-state index in [2.05, 4.69) is 0 Å². The van der Waals surface area contributed by atoms with E-state index in [4.69, 9.17) is 13.9 Å². The number of carbonyl (C=O) groups excluding carboxylic acids is 1. The fourth-order valence-corrected chi connectivity index (χ4v) is 2.13. The van der Waals surface area contributed by atoms with Crippen LogP contribution in [0, 0.1) is 0 Å². The monoisotopic (exact) mass is 280 g/mol. The van der Waals surface area contributed by atoms with Crippen LogP contribution in [-0.4, -0.2) is 28.5 Å². The minimum absolute atomic E-state index is 0.311. The number of benzene rings is 1. The summed E-state index contributed by atoms with van der Waals surface area (Å²) in [6.07, 6.45) is 3.13. The van der Waals surface area contributed by atoms with E-state index in [1.807, 2.05) is 25.7 Å². The van der Waals surface area contributed by atoms with Crippen molar-refractivity contribution in [3.63, 3.8) is 0 Å². The number of hydrogen-bond acceptors (Lipinski definition) is 4. The summed E-state index contributed by atoms with van der Waals surface area (Å²) < 4.78 is 15.7. The number of carbonyl (C=O) groups is 1. The molecule has 0 N–H and O–H groups in total. The zero-order valence-corrected chi connectivity index (χ0v) is 13.0. The highest BCUT2D eigenvalue weighted by atomic mass is 28.4. The molecule has 1 aromatic rings. The van der Waals surface area contributed by atoms with Crippen molar-refractivity contribution in [2.45, 2.75) is 19.6 Å². The maximum absolute atomic E-state index is 11.6. The van der Waals surface area contributed by atoms with Gasteiger partial charge in [-0.1, -0.05) is 6.07 Å². The van der Waals surface area contributed by atoms with E-state index >= 15 is 0 Å². The average molecular weight is 280 g/mol. The predicted molar refractivity (Wildman–Crippen MR) is 78.0 cm³/mol. The van der Waals surface area contributed by atoms with Crippen molar-refractivity contribution in [2.24, 2.45) is 0 Å². The Kier molecular flexibility index (Phi) is 5.17. The Morgan fingerprint density at radius 3 is 2.26 bits per heavy atom. The van der Waals surface area contributed by atoms with Crippen LogP contribution >= 0.6 is 0 Å². The molecule has 0 atom stereocenters. The molecule has 0 unspecified atom stereocenters. The van der Waals surface area contributed by atoms with Crippen LogP contribution in [0.25, 0.3) is 6.08 Å². The highest BCUT2D eigenvalue weighted by Gasteiger charge is 2.18. The van der Waals surface area contributed by atoms with Crippen LogP contribution in [0.15, 0.2) is 24.3 Å². The van der Waals surface area contributed by atoms with Crippen molar-refractivity contribution >= 4 is 20.4 Å². The number of rotatable bonds is 5. The summed E-state index contributed by atoms with van der Waals surface area (Å²) in [6.45, 7) is 5.90. The van der Waals surface area contributed by atoms with Crippen molar-refractivity contribution in [1.29, 1.82) is 0 Å². The fourth-order valence-electron chi connectivity index (χ4n) is 1.46. The molecule has 0 bridgehead atoms. The van der Waals surface area contributed by atoms with Gasteiger partial charge in [0.05, 0.1) is 14.2 Å². The van der Waals surface area contributed by atoms with Crippen LogP contribution in [0.2, 0.25) is 19.6 Å². The van der Waals surface area contributed by atoms with E-state index < -0.39 is 8.32 Å². The molecule has 0 saturated carbocycles. The highest BCUT2D eigenvalue weighted by molar-refractivity contribution is 6.71. The molecule has 0 aliphatic heterocycles. The Balaban J connectivity index is 2.80. The fraction of sp³-hybridized carbons (Fsp3) is 0.357. The summed E-state index contributed by atoms with van der Waals surface area (Å²) >= 11 is 0. The van der Waals surface area contributed by atoms with E-state index in [0.717, 1.165) is 5.56 Å². The summed E-state index contributed by atoms with van der Waals surface area (Å²) in [7, 11) is 1.32. The Morgan fingerprint density at radius 1 is 1.11 bits per heavy atom. The van der Waals surface area contributed by atoms with E-state index in [0.29, 0.717) is 11.5 Å². The van der Waals surface area contributed by atoms with E-state index in [1.54, 1.807) is 32.4 Å². The highest BCUT2D eigenvalue weighted by Crippen LogP contribution is 2.27. The lowest BCUT2D eigenvalue weighted by atomic mass is 10.2. The summed E-state index contributed by atoms with van der Waals surface area (Å²) in [6, 6.07) is 5.44. The van der Waals surface area contributed by atoms with Crippen LogP contribution in [0.1, 0.15) is 5.56 Å². The molecule has 0 aliphatic rings. The van der Waals surface area contributed by atoms with Gasteiger partial charge in [0.15, 0.2) is 11.5 Å². The smallest absolute Gasteiger partial charge is 0.317 e. The van der Waals surface area contributed by atoms with Crippen molar-refractivity contribution in [3.05, 3.63) is 29.8 Å². The molecule has 0 amide bonds. The van der Waals surface area contributed by atoms with Gasteiger partial charge < -0.3 is 13.9 Å². The van der Waals surface area contributed by atoms with Gasteiger partial charge in [0.25, 0.3) is 0 Å². The third-order valence-corrected chi connectivity index (χ3v) is 3.04. The zero-order valence-electron chi connectivity index (χ0n) is 12.0. The average Bonchev–Trinajstić information content (AvgIpc) is 2.33. The molecule has 0 saturated heterocycles. The van der Waals surface area contributed by atoms with Crippen LogP contribution in [0.3, 0.4) is 0 Å². The first-order valence-electron chi connectivity index (χ1n) is 5.99. The van der Waals surface area contributed by atoms with E-state index in [-0.39, 0.29) is 5.97 Å². The Morgan fingerprint density at radius 2 is 1.74 bits per heavy atom. The van der Waals surface area contributed by atoms with Crippen molar-refractivity contribution in [1.82, 2.24) is 0 Å². The zero-order chi connectivity index (χ0) is 14.5. The second-order valence-electron chi connectivity index (χ2n) is 4.98. The van der Waals surface area contributed by atoms with Crippen LogP contribution in [0.5, 0.6) is 11.5 Å². The van der Waals surface area contributed by atoms with E-state index in [1.165, 1.54) is 6.08 Å². The predicted octanol–water partition coefficient (Wildman–Crippen LogP) is 3.10. The van der Waals surface area contributed by atoms with Gasteiger partial charge in [-0.25, -0.2) is 4.79 Å². The van der Waals surface area contributed by atoms with Gasteiger partial charge in [0.1, 0.15) is 0 Å². The van der Waals surface area contributed by atoms with Gasteiger partial charge in [-0.2, -0.15) is 0 Å². The maximum Gasteiger partial charge on any atom is 0.317 e. The molecule has 0 aliphatic carbocycles. The summed E-state index contributed by atoms with van der Waals surface area (Å²) in [4.78, 5) is 11.6. The molecule has 0 aromatic heterocycles. The van der Waals surface area contributed by atoms with Crippen LogP contribution < -0.4 is 9.47 Å². The molecule has 1 rings (SSSR count).